The summed E-state index contributed by atoms with van der Waals surface area (Å²) >= 11 is 0. The van der Waals surface area contributed by atoms with Crippen molar-refractivity contribution < 1.29 is 4.79 Å². The third-order valence-electron chi connectivity index (χ3n) is 3.43. The van der Waals surface area contributed by atoms with Crippen LogP contribution in [0.4, 0.5) is 11.4 Å². The van der Waals surface area contributed by atoms with Gasteiger partial charge in [0.2, 0.25) is 5.91 Å². The number of anilines is 2. The third-order valence-corrected chi connectivity index (χ3v) is 3.43. The first-order chi connectivity index (χ1) is 9.67. The second-order valence-corrected chi connectivity index (χ2v) is 4.86. The van der Waals surface area contributed by atoms with Crippen LogP contribution in [-0.2, 0) is 17.8 Å². The number of nitrogens with two attached hydrogens (primary N) is 1. The van der Waals surface area contributed by atoms with Gasteiger partial charge in [0.05, 0.1) is 24.6 Å². The van der Waals surface area contributed by atoms with E-state index < -0.39 is 0 Å². The summed E-state index contributed by atoms with van der Waals surface area (Å²) in [6.45, 7) is 0.477. The van der Waals surface area contributed by atoms with E-state index >= 15 is 0 Å². The molecule has 1 amide bonds. The van der Waals surface area contributed by atoms with Gasteiger partial charge in [0.15, 0.2) is 0 Å². The summed E-state index contributed by atoms with van der Waals surface area (Å²) in [5, 5.41) is 8.92. The second kappa shape index (κ2) is 4.71. The Morgan fingerprint density at radius 2 is 2.10 bits per heavy atom. The Labute approximate surface area is 117 Å². The highest BCUT2D eigenvalue weighted by Crippen LogP contribution is 2.31. The van der Waals surface area contributed by atoms with Crippen LogP contribution in [0.5, 0.6) is 0 Å². The molecule has 0 unspecified atom stereocenters. The number of nitrogens with zero attached hydrogens (tertiary/aromatic N) is 2. The van der Waals surface area contributed by atoms with Crippen molar-refractivity contribution in [3.05, 3.63) is 59.2 Å². The van der Waals surface area contributed by atoms with Crippen LogP contribution in [0.15, 0.2) is 42.5 Å². The van der Waals surface area contributed by atoms with Crippen LogP contribution >= 0.6 is 0 Å². The number of nitrogen functional groups attached to an aromatic ring is 1. The van der Waals surface area contributed by atoms with Gasteiger partial charge < -0.3 is 10.6 Å². The zero-order valence-corrected chi connectivity index (χ0v) is 10.8. The molecule has 4 nitrogen and oxygen atoms in total. The van der Waals surface area contributed by atoms with Gasteiger partial charge in [-0.1, -0.05) is 12.1 Å². The number of rotatable bonds is 2. The number of fused-ring (bicyclic) bond motifs is 1. The molecule has 1 aliphatic heterocycles. The van der Waals surface area contributed by atoms with Crippen LogP contribution in [0.25, 0.3) is 0 Å². The highest BCUT2D eigenvalue weighted by molar-refractivity contribution is 6.01. The molecule has 2 aromatic rings. The largest absolute Gasteiger partial charge is 0.399 e. The minimum Gasteiger partial charge on any atom is -0.399 e. The molecule has 1 heterocycles. The normalized spacial score (nSPS) is 13.2. The lowest BCUT2D eigenvalue weighted by Gasteiger charge is -2.17. The minimum atomic E-state index is 0.0629. The first kappa shape index (κ1) is 12.2. The first-order valence-corrected chi connectivity index (χ1v) is 6.35. The molecular weight excluding hydrogens is 250 g/mol. The fraction of sp³-hybridized carbons (Fsp3) is 0.125. The van der Waals surface area contributed by atoms with Crippen LogP contribution in [0.2, 0.25) is 0 Å². The van der Waals surface area contributed by atoms with Crippen molar-refractivity contribution in [3.63, 3.8) is 0 Å². The van der Waals surface area contributed by atoms with Crippen LogP contribution in [0.1, 0.15) is 16.7 Å². The topological polar surface area (TPSA) is 70.1 Å². The van der Waals surface area contributed by atoms with Crippen molar-refractivity contribution in [3.8, 4) is 6.07 Å². The van der Waals surface area contributed by atoms with Crippen LogP contribution in [0, 0.1) is 11.3 Å². The minimum absolute atomic E-state index is 0.0629. The van der Waals surface area contributed by atoms with Crippen molar-refractivity contribution in [1.29, 1.82) is 5.26 Å². The smallest absolute Gasteiger partial charge is 0.231 e. The fourth-order valence-electron chi connectivity index (χ4n) is 2.50. The molecule has 0 spiro atoms. The molecule has 0 radical (unpaired) electrons. The molecule has 4 heteroatoms. The average molecular weight is 263 g/mol. The molecule has 0 saturated carbocycles. The van der Waals surface area contributed by atoms with E-state index in [-0.39, 0.29) is 5.91 Å². The number of benzene rings is 2. The number of nitriles is 1. The lowest BCUT2D eigenvalue weighted by Crippen LogP contribution is -2.25. The van der Waals surface area contributed by atoms with Gasteiger partial charge in [-0.15, -0.1) is 0 Å². The standard InChI is InChI=1S/C16H13N3O/c17-9-11-2-1-3-12(6-11)10-19-15-5-4-14(18)7-13(15)8-16(19)20/h1-7H,8,10,18H2. The maximum absolute atomic E-state index is 12.1. The van der Waals surface area contributed by atoms with Crippen molar-refractivity contribution >= 4 is 17.3 Å². The molecule has 0 fully saturated rings. The Morgan fingerprint density at radius 1 is 1.25 bits per heavy atom. The predicted octanol–water partition coefficient (Wildman–Crippen LogP) is 2.23. The molecule has 2 aromatic carbocycles. The maximum atomic E-state index is 12.1. The van der Waals surface area contributed by atoms with E-state index in [1.165, 1.54) is 0 Å². The van der Waals surface area contributed by atoms with Crippen molar-refractivity contribution in [2.45, 2.75) is 13.0 Å². The van der Waals surface area contributed by atoms with Crippen molar-refractivity contribution in [2.24, 2.45) is 0 Å². The number of carbonyl (C=O) groups excluding carboxylic acids is 1. The molecule has 0 bridgehead atoms. The third kappa shape index (κ3) is 2.10. The Bertz CT molecular complexity index is 731. The zero-order chi connectivity index (χ0) is 14.1. The summed E-state index contributed by atoms with van der Waals surface area (Å²) in [7, 11) is 0. The lowest BCUT2D eigenvalue weighted by molar-refractivity contribution is -0.117. The Kier molecular flexibility index (Phi) is 2.88. The predicted molar refractivity (Wildman–Crippen MR) is 76.9 cm³/mol. The van der Waals surface area contributed by atoms with Crippen molar-refractivity contribution in [1.82, 2.24) is 0 Å². The van der Waals surface area contributed by atoms with E-state index in [0.717, 1.165) is 16.8 Å². The van der Waals surface area contributed by atoms with Gasteiger partial charge in [-0.05, 0) is 41.5 Å². The molecule has 3 rings (SSSR count). The van der Waals surface area contributed by atoms with E-state index in [1.807, 2.05) is 30.3 Å². The van der Waals surface area contributed by atoms with Gasteiger partial charge in [0.25, 0.3) is 0 Å². The molecule has 98 valence electrons. The Balaban J connectivity index is 1.92. The zero-order valence-electron chi connectivity index (χ0n) is 10.8. The van der Waals surface area contributed by atoms with Gasteiger partial charge in [0, 0.05) is 11.4 Å². The molecule has 2 N–H and O–H groups in total. The maximum Gasteiger partial charge on any atom is 0.231 e. The molecule has 0 aromatic heterocycles. The average Bonchev–Trinajstić information content (AvgIpc) is 2.74. The summed E-state index contributed by atoms with van der Waals surface area (Å²) in [5.74, 6) is 0.0629. The van der Waals surface area contributed by atoms with Gasteiger partial charge in [0.1, 0.15) is 0 Å². The van der Waals surface area contributed by atoms with E-state index in [2.05, 4.69) is 6.07 Å². The molecule has 0 atom stereocenters. The van der Waals surface area contributed by atoms with E-state index in [1.54, 1.807) is 17.0 Å². The quantitative estimate of drug-likeness (QED) is 0.845. The summed E-state index contributed by atoms with van der Waals surface area (Å²) in [6.07, 6.45) is 0.387. The van der Waals surface area contributed by atoms with E-state index in [4.69, 9.17) is 11.0 Å². The number of hydrogen-bond acceptors (Lipinski definition) is 3. The first-order valence-electron chi connectivity index (χ1n) is 6.35. The van der Waals surface area contributed by atoms with Gasteiger partial charge in [-0.25, -0.2) is 0 Å². The molecule has 1 aliphatic rings. The van der Waals surface area contributed by atoms with Crippen molar-refractivity contribution in [2.75, 3.05) is 10.6 Å². The fourth-order valence-corrected chi connectivity index (χ4v) is 2.50. The Hall–Kier alpha value is -2.80. The Morgan fingerprint density at radius 3 is 2.90 bits per heavy atom. The van der Waals surface area contributed by atoms with E-state index in [9.17, 15) is 4.79 Å². The molecule has 0 aliphatic carbocycles. The van der Waals surface area contributed by atoms with Gasteiger partial charge in [-0.2, -0.15) is 5.26 Å². The van der Waals surface area contributed by atoms with Gasteiger partial charge in [-0.3, -0.25) is 4.79 Å². The molecular formula is C16H13N3O. The highest BCUT2D eigenvalue weighted by Gasteiger charge is 2.27. The highest BCUT2D eigenvalue weighted by atomic mass is 16.2. The number of hydrogen-bond donors (Lipinski definition) is 1. The van der Waals surface area contributed by atoms with Crippen LogP contribution < -0.4 is 10.6 Å². The molecule has 20 heavy (non-hydrogen) atoms. The SMILES string of the molecule is N#Cc1cccc(CN2C(=O)Cc3cc(N)ccc32)c1. The monoisotopic (exact) mass is 263 g/mol. The number of carbonyl (C=O) groups is 1. The lowest BCUT2D eigenvalue weighted by atomic mass is 10.1. The molecule has 0 saturated heterocycles. The van der Waals surface area contributed by atoms with Gasteiger partial charge >= 0.3 is 0 Å². The second-order valence-electron chi connectivity index (χ2n) is 4.86. The summed E-state index contributed by atoms with van der Waals surface area (Å²) < 4.78 is 0. The number of amides is 1. The summed E-state index contributed by atoms with van der Waals surface area (Å²) in [5.41, 5.74) is 9.84. The van der Waals surface area contributed by atoms with Crippen LogP contribution in [-0.4, -0.2) is 5.91 Å². The summed E-state index contributed by atoms with van der Waals surface area (Å²) in [4.78, 5) is 13.9. The van der Waals surface area contributed by atoms with Crippen LogP contribution in [0.3, 0.4) is 0 Å². The summed E-state index contributed by atoms with van der Waals surface area (Å²) in [6, 6.07) is 15.0. The van der Waals surface area contributed by atoms with E-state index in [0.29, 0.717) is 24.2 Å².